The summed E-state index contributed by atoms with van der Waals surface area (Å²) in [7, 11) is 0. The van der Waals surface area contributed by atoms with Gasteiger partial charge in [-0.1, -0.05) is 30.3 Å². The van der Waals surface area contributed by atoms with Crippen LogP contribution in [-0.2, 0) is 4.74 Å². The second kappa shape index (κ2) is 4.81. The average molecular weight is 239 g/mol. The Balaban J connectivity index is 1.82. The zero-order chi connectivity index (χ0) is 12.4. The Labute approximate surface area is 107 Å². The SMILES string of the molecule is O=C(OC1CCCC1)c1[c]c2ccccc2cc1. The van der Waals surface area contributed by atoms with Gasteiger partial charge in [-0.15, -0.1) is 0 Å². The molecule has 0 saturated heterocycles. The lowest BCUT2D eigenvalue weighted by atomic mass is 10.1. The zero-order valence-electron chi connectivity index (χ0n) is 10.2. The van der Waals surface area contributed by atoms with Gasteiger partial charge in [-0.05, 0) is 42.5 Å². The van der Waals surface area contributed by atoms with E-state index >= 15 is 0 Å². The van der Waals surface area contributed by atoms with E-state index in [1.807, 2.05) is 30.3 Å². The molecule has 2 aromatic carbocycles. The Kier molecular flexibility index (Phi) is 3.01. The van der Waals surface area contributed by atoms with E-state index < -0.39 is 0 Å². The summed E-state index contributed by atoms with van der Waals surface area (Å²) in [6.45, 7) is 0. The molecule has 0 amide bonds. The number of rotatable bonds is 2. The summed E-state index contributed by atoms with van der Waals surface area (Å²) in [6, 6.07) is 14.8. The molecular formula is C16H15O2. The lowest BCUT2D eigenvalue weighted by molar-refractivity contribution is 0.0317. The largest absolute Gasteiger partial charge is 0.459 e. The number of carbonyl (C=O) groups is 1. The summed E-state index contributed by atoms with van der Waals surface area (Å²) >= 11 is 0. The van der Waals surface area contributed by atoms with Crippen LogP contribution in [0.5, 0.6) is 0 Å². The third-order valence-corrected chi connectivity index (χ3v) is 3.46. The number of carbonyl (C=O) groups excluding carboxylic acids is 1. The van der Waals surface area contributed by atoms with E-state index in [0.29, 0.717) is 5.56 Å². The van der Waals surface area contributed by atoms with Crippen LogP contribution >= 0.6 is 0 Å². The van der Waals surface area contributed by atoms with Crippen molar-refractivity contribution in [2.75, 3.05) is 0 Å². The van der Waals surface area contributed by atoms with Crippen LogP contribution in [0.2, 0.25) is 0 Å². The van der Waals surface area contributed by atoms with Crippen molar-refractivity contribution in [2.45, 2.75) is 31.8 Å². The molecule has 2 heteroatoms. The summed E-state index contributed by atoms with van der Waals surface area (Å²) in [5, 5.41) is 2.05. The molecule has 2 nitrogen and oxygen atoms in total. The highest BCUT2D eigenvalue weighted by Gasteiger charge is 2.20. The van der Waals surface area contributed by atoms with Crippen molar-refractivity contribution in [3.63, 3.8) is 0 Å². The van der Waals surface area contributed by atoms with Crippen molar-refractivity contribution in [2.24, 2.45) is 0 Å². The quantitative estimate of drug-likeness (QED) is 0.746. The van der Waals surface area contributed by atoms with Gasteiger partial charge in [-0.2, -0.15) is 0 Å². The summed E-state index contributed by atoms with van der Waals surface area (Å²) in [4.78, 5) is 12.0. The van der Waals surface area contributed by atoms with Crippen molar-refractivity contribution < 1.29 is 9.53 Å². The summed E-state index contributed by atoms with van der Waals surface area (Å²) in [6.07, 6.45) is 4.44. The second-order valence-corrected chi connectivity index (χ2v) is 4.77. The molecule has 0 heterocycles. The van der Waals surface area contributed by atoms with Gasteiger partial charge in [0.25, 0.3) is 0 Å². The van der Waals surface area contributed by atoms with Gasteiger partial charge in [0, 0.05) is 6.07 Å². The molecule has 3 rings (SSSR count). The van der Waals surface area contributed by atoms with Crippen LogP contribution < -0.4 is 0 Å². The minimum Gasteiger partial charge on any atom is -0.459 e. The fourth-order valence-corrected chi connectivity index (χ4v) is 2.46. The molecule has 1 aliphatic rings. The van der Waals surface area contributed by atoms with Crippen LogP contribution in [0, 0.1) is 6.07 Å². The van der Waals surface area contributed by atoms with Gasteiger partial charge in [0.05, 0.1) is 5.56 Å². The van der Waals surface area contributed by atoms with Crippen LogP contribution in [0.25, 0.3) is 10.8 Å². The smallest absolute Gasteiger partial charge is 0.339 e. The summed E-state index contributed by atoms with van der Waals surface area (Å²) < 4.78 is 5.48. The predicted molar refractivity (Wildman–Crippen MR) is 70.5 cm³/mol. The maximum atomic E-state index is 12.0. The molecule has 0 aliphatic heterocycles. The first kappa shape index (κ1) is 11.3. The summed E-state index contributed by atoms with van der Waals surface area (Å²) in [5.74, 6) is -0.243. The van der Waals surface area contributed by atoms with Gasteiger partial charge in [0.15, 0.2) is 0 Å². The van der Waals surface area contributed by atoms with Crippen LogP contribution in [0.1, 0.15) is 36.0 Å². The third-order valence-electron chi connectivity index (χ3n) is 3.46. The van der Waals surface area contributed by atoms with Crippen molar-refractivity contribution in [1.82, 2.24) is 0 Å². The molecule has 1 aliphatic carbocycles. The van der Waals surface area contributed by atoms with Gasteiger partial charge in [0.1, 0.15) is 6.10 Å². The third kappa shape index (κ3) is 2.23. The second-order valence-electron chi connectivity index (χ2n) is 4.77. The summed E-state index contributed by atoms with van der Waals surface area (Å²) in [5.41, 5.74) is 0.528. The number of hydrogen-bond acceptors (Lipinski definition) is 2. The molecule has 0 spiro atoms. The topological polar surface area (TPSA) is 26.3 Å². The molecule has 0 aromatic heterocycles. The molecule has 0 unspecified atom stereocenters. The zero-order valence-corrected chi connectivity index (χ0v) is 10.2. The van der Waals surface area contributed by atoms with Crippen molar-refractivity contribution >= 4 is 16.7 Å². The highest BCUT2D eigenvalue weighted by Crippen LogP contribution is 2.23. The monoisotopic (exact) mass is 239 g/mol. The van der Waals surface area contributed by atoms with E-state index in [4.69, 9.17) is 4.74 Å². The molecule has 1 fully saturated rings. The molecule has 91 valence electrons. The number of fused-ring (bicyclic) bond motifs is 1. The van der Waals surface area contributed by atoms with E-state index in [0.717, 1.165) is 23.6 Å². The highest BCUT2D eigenvalue weighted by molar-refractivity contribution is 5.94. The van der Waals surface area contributed by atoms with Gasteiger partial charge in [0.2, 0.25) is 0 Å². The van der Waals surface area contributed by atoms with E-state index in [1.54, 1.807) is 6.07 Å². The fraction of sp³-hybridized carbons (Fsp3) is 0.312. The van der Waals surface area contributed by atoms with E-state index in [-0.39, 0.29) is 12.1 Å². The average Bonchev–Trinajstić information content (AvgIpc) is 2.91. The normalized spacial score (nSPS) is 16.0. The Bertz CT molecular complexity index is 568. The first-order chi connectivity index (χ1) is 8.83. The van der Waals surface area contributed by atoms with Gasteiger partial charge in [-0.3, -0.25) is 0 Å². The van der Waals surface area contributed by atoms with Crippen molar-refractivity contribution in [3.8, 4) is 0 Å². The molecule has 18 heavy (non-hydrogen) atoms. The number of benzene rings is 2. The number of esters is 1. The standard InChI is InChI=1S/C16H15O2/c17-16(18-15-7-3-4-8-15)14-10-9-12-5-1-2-6-13(12)11-14/h1-2,5-6,9-10,15H,3-4,7-8H2. The van der Waals surface area contributed by atoms with E-state index in [2.05, 4.69) is 6.07 Å². The number of ether oxygens (including phenoxy) is 1. The van der Waals surface area contributed by atoms with Crippen LogP contribution in [0.15, 0.2) is 36.4 Å². The Morgan fingerprint density at radius 3 is 2.72 bits per heavy atom. The molecule has 0 atom stereocenters. The minimum atomic E-state index is -0.243. The Morgan fingerprint density at radius 1 is 1.11 bits per heavy atom. The van der Waals surface area contributed by atoms with Crippen LogP contribution in [-0.4, -0.2) is 12.1 Å². The molecule has 1 saturated carbocycles. The van der Waals surface area contributed by atoms with Gasteiger partial charge < -0.3 is 4.74 Å². The maximum absolute atomic E-state index is 12.0. The number of hydrogen-bond donors (Lipinski definition) is 0. The van der Waals surface area contributed by atoms with Crippen LogP contribution in [0.4, 0.5) is 0 Å². The highest BCUT2D eigenvalue weighted by atomic mass is 16.5. The van der Waals surface area contributed by atoms with Gasteiger partial charge >= 0.3 is 5.97 Å². The minimum absolute atomic E-state index is 0.109. The molecule has 0 N–H and O–H groups in total. The first-order valence-electron chi connectivity index (χ1n) is 6.45. The van der Waals surface area contributed by atoms with Crippen LogP contribution in [0.3, 0.4) is 0 Å². The van der Waals surface area contributed by atoms with Crippen molar-refractivity contribution in [3.05, 3.63) is 48.0 Å². The van der Waals surface area contributed by atoms with E-state index in [9.17, 15) is 4.79 Å². The lowest BCUT2D eigenvalue weighted by Crippen LogP contribution is -2.14. The molecular weight excluding hydrogens is 224 g/mol. The maximum Gasteiger partial charge on any atom is 0.339 e. The van der Waals surface area contributed by atoms with E-state index in [1.165, 1.54) is 12.8 Å². The van der Waals surface area contributed by atoms with Gasteiger partial charge in [-0.25, -0.2) is 4.79 Å². The predicted octanol–water partition coefficient (Wildman–Crippen LogP) is 3.74. The fourth-order valence-electron chi connectivity index (χ4n) is 2.46. The lowest BCUT2D eigenvalue weighted by Gasteiger charge is -2.11. The van der Waals surface area contributed by atoms with Crippen molar-refractivity contribution in [1.29, 1.82) is 0 Å². The molecule has 1 radical (unpaired) electrons. The molecule has 2 aromatic rings. The first-order valence-corrected chi connectivity index (χ1v) is 6.45. The molecule has 0 bridgehead atoms. The Morgan fingerprint density at radius 2 is 1.89 bits per heavy atom. The Hall–Kier alpha value is -1.83.